The van der Waals surface area contributed by atoms with Crippen LogP contribution in [0.5, 0.6) is 0 Å². The van der Waals surface area contributed by atoms with Crippen LogP contribution in [0.1, 0.15) is 32.5 Å². The standard InChI is InChI=1S/C12H21N3O2S/c1-4-17-12(16)11(13)7-18-6-10-5-14-8-15(10)9(2)3/h5,8-9,11H,4,6-7,13H2,1-3H3. The molecule has 0 aliphatic carbocycles. The van der Waals surface area contributed by atoms with Gasteiger partial charge in [-0.3, -0.25) is 4.79 Å². The largest absolute Gasteiger partial charge is 0.465 e. The Hall–Kier alpha value is -1.01. The normalized spacial score (nSPS) is 12.7. The van der Waals surface area contributed by atoms with Gasteiger partial charge in [0.05, 0.1) is 12.9 Å². The molecular formula is C12H21N3O2S. The van der Waals surface area contributed by atoms with E-state index in [1.54, 1.807) is 18.7 Å². The summed E-state index contributed by atoms with van der Waals surface area (Å²) in [5.74, 6) is 1.02. The van der Waals surface area contributed by atoms with Gasteiger partial charge in [0.15, 0.2) is 0 Å². The fourth-order valence-electron chi connectivity index (χ4n) is 1.52. The van der Waals surface area contributed by atoms with Crippen LogP contribution in [0.4, 0.5) is 0 Å². The highest BCUT2D eigenvalue weighted by molar-refractivity contribution is 7.98. The van der Waals surface area contributed by atoms with Gasteiger partial charge in [-0.2, -0.15) is 11.8 Å². The van der Waals surface area contributed by atoms with E-state index in [0.29, 0.717) is 18.4 Å². The molecule has 0 aromatic carbocycles. The fraction of sp³-hybridized carbons (Fsp3) is 0.667. The SMILES string of the molecule is CCOC(=O)C(N)CSCc1cncn1C(C)C. The molecule has 0 aliphatic heterocycles. The molecule has 0 amide bonds. The van der Waals surface area contributed by atoms with E-state index >= 15 is 0 Å². The molecule has 0 saturated heterocycles. The average molecular weight is 271 g/mol. The number of nitrogens with zero attached hydrogens (tertiary/aromatic N) is 2. The molecule has 0 bridgehead atoms. The Morgan fingerprint density at radius 3 is 2.94 bits per heavy atom. The number of aromatic nitrogens is 2. The van der Waals surface area contributed by atoms with Gasteiger partial charge < -0.3 is 15.0 Å². The predicted molar refractivity (Wildman–Crippen MR) is 73.4 cm³/mol. The van der Waals surface area contributed by atoms with Crippen molar-refractivity contribution in [1.29, 1.82) is 0 Å². The van der Waals surface area contributed by atoms with Gasteiger partial charge in [-0.15, -0.1) is 0 Å². The summed E-state index contributed by atoms with van der Waals surface area (Å²) in [4.78, 5) is 15.5. The van der Waals surface area contributed by atoms with Crippen molar-refractivity contribution in [3.05, 3.63) is 18.2 Å². The summed E-state index contributed by atoms with van der Waals surface area (Å²) in [5.41, 5.74) is 6.87. The van der Waals surface area contributed by atoms with Crippen LogP contribution in [0.25, 0.3) is 0 Å². The minimum absolute atomic E-state index is 0.331. The maximum absolute atomic E-state index is 11.3. The first-order chi connectivity index (χ1) is 8.56. The molecule has 1 rings (SSSR count). The highest BCUT2D eigenvalue weighted by Gasteiger charge is 2.14. The van der Waals surface area contributed by atoms with E-state index in [1.807, 2.05) is 12.5 Å². The van der Waals surface area contributed by atoms with Crippen molar-refractivity contribution >= 4 is 17.7 Å². The third-order valence-corrected chi connectivity index (χ3v) is 3.53. The molecule has 2 N–H and O–H groups in total. The maximum Gasteiger partial charge on any atom is 0.323 e. The van der Waals surface area contributed by atoms with E-state index in [-0.39, 0.29) is 5.97 Å². The van der Waals surface area contributed by atoms with E-state index in [9.17, 15) is 4.79 Å². The highest BCUT2D eigenvalue weighted by Crippen LogP contribution is 2.16. The van der Waals surface area contributed by atoms with Crippen LogP contribution in [0, 0.1) is 0 Å². The molecule has 18 heavy (non-hydrogen) atoms. The second kappa shape index (κ2) is 7.43. The van der Waals surface area contributed by atoms with E-state index in [0.717, 1.165) is 11.4 Å². The summed E-state index contributed by atoms with van der Waals surface area (Å²) in [6.45, 7) is 6.37. The van der Waals surface area contributed by atoms with Crippen LogP contribution < -0.4 is 5.73 Å². The van der Waals surface area contributed by atoms with Crippen molar-refractivity contribution in [3.63, 3.8) is 0 Å². The quantitative estimate of drug-likeness (QED) is 0.763. The molecule has 1 unspecified atom stereocenters. The van der Waals surface area contributed by atoms with Crippen LogP contribution in [0.15, 0.2) is 12.5 Å². The Morgan fingerprint density at radius 2 is 2.33 bits per heavy atom. The fourth-order valence-corrected chi connectivity index (χ4v) is 2.46. The molecule has 1 aromatic rings. The summed E-state index contributed by atoms with van der Waals surface area (Å²) in [7, 11) is 0. The molecule has 102 valence electrons. The van der Waals surface area contributed by atoms with Crippen molar-refractivity contribution in [1.82, 2.24) is 9.55 Å². The van der Waals surface area contributed by atoms with Gasteiger partial charge in [0, 0.05) is 29.4 Å². The first kappa shape index (κ1) is 15.0. The number of carbonyl (C=O) groups is 1. The van der Waals surface area contributed by atoms with Crippen molar-refractivity contribution < 1.29 is 9.53 Å². The van der Waals surface area contributed by atoms with E-state index in [4.69, 9.17) is 10.5 Å². The Bertz CT molecular complexity index is 379. The summed E-state index contributed by atoms with van der Waals surface area (Å²) in [5, 5.41) is 0. The number of nitrogens with two attached hydrogens (primary N) is 1. The van der Waals surface area contributed by atoms with E-state index in [1.165, 1.54) is 0 Å². The first-order valence-electron chi connectivity index (χ1n) is 6.06. The number of hydrogen-bond acceptors (Lipinski definition) is 5. The topological polar surface area (TPSA) is 70.1 Å². The molecule has 0 radical (unpaired) electrons. The molecule has 1 heterocycles. The molecule has 0 saturated carbocycles. The monoisotopic (exact) mass is 271 g/mol. The number of carbonyl (C=O) groups excluding carboxylic acids is 1. The van der Waals surface area contributed by atoms with Gasteiger partial charge in [-0.25, -0.2) is 4.98 Å². The Kier molecular flexibility index (Phi) is 6.21. The molecular weight excluding hydrogens is 250 g/mol. The lowest BCUT2D eigenvalue weighted by Gasteiger charge is -2.13. The van der Waals surface area contributed by atoms with Crippen molar-refractivity contribution in [3.8, 4) is 0 Å². The third kappa shape index (κ3) is 4.34. The predicted octanol–water partition coefficient (Wildman–Crippen LogP) is 1.59. The molecule has 5 nitrogen and oxygen atoms in total. The van der Waals surface area contributed by atoms with E-state index in [2.05, 4.69) is 23.4 Å². The van der Waals surface area contributed by atoms with Gasteiger partial charge in [-0.1, -0.05) is 0 Å². The lowest BCUT2D eigenvalue weighted by Crippen LogP contribution is -2.34. The molecule has 1 atom stereocenters. The zero-order valence-electron chi connectivity index (χ0n) is 11.1. The van der Waals surface area contributed by atoms with Crippen LogP contribution in [-0.4, -0.2) is 33.9 Å². The molecule has 0 aliphatic rings. The Labute approximate surface area is 112 Å². The second-order valence-corrected chi connectivity index (χ2v) is 5.29. The molecule has 0 fully saturated rings. The smallest absolute Gasteiger partial charge is 0.323 e. The van der Waals surface area contributed by atoms with Gasteiger partial charge in [0.2, 0.25) is 0 Å². The van der Waals surface area contributed by atoms with Gasteiger partial charge in [0.25, 0.3) is 0 Å². The zero-order valence-corrected chi connectivity index (χ0v) is 11.9. The molecule has 1 aromatic heterocycles. The number of imidazole rings is 1. The van der Waals surface area contributed by atoms with Crippen molar-refractivity contribution in [2.75, 3.05) is 12.4 Å². The summed E-state index contributed by atoms with van der Waals surface area (Å²) >= 11 is 1.62. The Morgan fingerprint density at radius 1 is 1.61 bits per heavy atom. The highest BCUT2D eigenvalue weighted by atomic mass is 32.2. The minimum Gasteiger partial charge on any atom is -0.465 e. The van der Waals surface area contributed by atoms with Crippen molar-refractivity contribution in [2.24, 2.45) is 5.73 Å². The summed E-state index contributed by atoms with van der Waals surface area (Å²) in [6, 6.07) is -0.160. The number of thioether (sulfide) groups is 1. The van der Waals surface area contributed by atoms with Gasteiger partial charge >= 0.3 is 5.97 Å². The number of rotatable bonds is 7. The average Bonchev–Trinajstić information content (AvgIpc) is 2.77. The second-order valence-electron chi connectivity index (χ2n) is 4.26. The summed E-state index contributed by atoms with van der Waals surface area (Å²) in [6.07, 6.45) is 3.68. The van der Waals surface area contributed by atoms with Crippen LogP contribution >= 0.6 is 11.8 Å². The lowest BCUT2D eigenvalue weighted by atomic mass is 10.4. The Balaban J connectivity index is 2.37. The maximum atomic E-state index is 11.3. The molecule has 6 heteroatoms. The minimum atomic E-state index is -0.551. The third-order valence-electron chi connectivity index (χ3n) is 2.44. The van der Waals surface area contributed by atoms with Crippen LogP contribution in [0.3, 0.4) is 0 Å². The number of esters is 1. The van der Waals surface area contributed by atoms with Crippen LogP contribution in [0.2, 0.25) is 0 Å². The van der Waals surface area contributed by atoms with Gasteiger partial charge in [0.1, 0.15) is 6.04 Å². The molecule has 0 spiro atoms. The number of ether oxygens (including phenoxy) is 1. The summed E-state index contributed by atoms with van der Waals surface area (Å²) < 4.78 is 6.97. The zero-order chi connectivity index (χ0) is 13.5. The van der Waals surface area contributed by atoms with Crippen LogP contribution in [-0.2, 0) is 15.3 Å². The van der Waals surface area contributed by atoms with Gasteiger partial charge in [-0.05, 0) is 20.8 Å². The lowest BCUT2D eigenvalue weighted by molar-refractivity contribution is -0.144. The van der Waals surface area contributed by atoms with E-state index < -0.39 is 6.04 Å². The number of hydrogen-bond donors (Lipinski definition) is 1. The van der Waals surface area contributed by atoms with Crippen molar-refractivity contribution in [2.45, 2.75) is 38.6 Å². The first-order valence-corrected chi connectivity index (χ1v) is 7.22.